The summed E-state index contributed by atoms with van der Waals surface area (Å²) in [6.45, 7) is 1.55. The molecule has 3 amide bonds. The Morgan fingerprint density at radius 3 is 2.41 bits per heavy atom. The molecule has 138 valence electrons. The third kappa shape index (κ3) is 4.43. The molecule has 0 radical (unpaired) electrons. The Morgan fingerprint density at radius 1 is 1.04 bits per heavy atom. The molecule has 0 unspecified atom stereocenters. The van der Waals surface area contributed by atoms with Crippen molar-refractivity contribution in [1.29, 1.82) is 0 Å². The van der Waals surface area contributed by atoms with Gasteiger partial charge in [0, 0.05) is 17.7 Å². The SMILES string of the molecule is Cc1ccccc1NC(=O)C[C@@H]1SC(=O)N(CC(=O)c2ccccc2)C1=O. The predicted octanol–water partition coefficient (Wildman–Crippen LogP) is 3.27. The summed E-state index contributed by atoms with van der Waals surface area (Å²) >= 11 is 0.786. The molecule has 0 saturated carbocycles. The molecular formula is C20H18N2O4S. The molecule has 7 heteroatoms. The zero-order valence-corrected chi connectivity index (χ0v) is 15.5. The minimum absolute atomic E-state index is 0.125. The zero-order valence-electron chi connectivity index (χ0n) is 14.7. The highest BCUT2D eigenvalue weighted by Crippen LogP contribution is 2.30. The van der Waals surface area contributed by atoms with Crippen molar-refractivity contribution in [1.82, 2.24) is 4.90 Å². The van der Waals surface area contributed by atoms with Gasteiger partial charge in [0.2, 0.25) is 11.8 Å². The molecule has 6 nitrogen and oxygen atoms in total. The van der Waals surface area contributed by atoms with E-state index in [1.165, 1.54) is 0 Å². The van der Waals surface area contributed by atoms with Gasteiger partial charge in [0.05, 0.1) is 6.54 Å². The molecule has 2 aromatic rings. The monoisotopic (exact) mass is 382 g/mol. The molecule has 0 aliphatic carbocycles. The lowest BCUT2D eigenvalue weighted by Gasteiger charge is -2.13. The van der Waals surface area contributed by atoms with E-state index in [9.17, 15) is 19.2 Å². The fraction of sp³-hybridized carbons (Fsp3) is 0.200. The van der Waals surface area contributed by atoms with Crippen LogP contribution in [0.5, 0.6) is 0 Å². The first-order valence-electron chi connectivity index (χ1n) is 8.41. The summed E-state index contributed by atoms with van der Waals surface area (Å²) in [5.41, 5.74) is 2.01. The molecule has 1 heterocycles. The minimum atomic E-state index is -0.815. The second kappa shape index (κ2) is 8.18. The van der Waals surface area contributed by atoms with Crippen LogP contribution < -0.4 is 5.32 Å². The number of anilines is 1. The molecule has 1 fully saturated rings. The Kier molecular flexibility index (Phi) is 5.71. The fourth-order valence-electron chi connectivity index (χ4n) is 2.71. The molecule has 27 heavy (non-hydrogen) atoms. The number of imide groups is 1. The number of ketones is 1. The van der Waals surface area contributed by atoms with Crippen LogP contribution in [0.2, 0.25) is 0 Å². The number of aryl methyl sites for hydroxylation is 1. The number of Topliss-reactive ketones (excluding diaryl/α,β-unsaturated/α-hetero) is 1. The molecule has 1 N–H and O–H groups in total. The molecule has 1 saturated heterocycles. The Balaban J connectivity index is 1.61. The van der Waals surface area contributed by atoms with E-state index in [0.717, 1.165) is 22.2 Å². The number of benzene rings is 2. The summed E-state index contributed by atoms with van der Waals surface area (Å²) in [5, 5.41) is 1.44. The van der Waals surface area contributed by atoms with Gasteiger partial charge in [0.25, 0.3) is 5.24 Å². The van der Waals surface area contributed by atoms with Gasteiger partial charge in [0.15, 0.2) is 5.78 Å². The summed E-state index contributed by atoms with van der Waals surface area (Å²) in [4.78, 5) is 50.1. The topological polar surface area (TPSA) is 83.6 Å². The molecule has 2 aromatic carbocycles. The fourth-order valence-corrected chi connectivity index (χ4v) is 3.70. The minimum Gasteiger partial charge on any atom is -0.326 e. The van der Waals surface area contributed by atoms with Gasteiger partial charge in [-0.2, -0.15) is 0 Å². The van der Waals surface area contributed by atoms with Gasteiger partial charge < -0.3 is 5.32 Å². The number of hydrogen-bond donors (Lipinski definition) is 1. The van der Waals surface area contributed by atoms with E-state index in [0.29, 0.717) is 11.3 Å². The largest absolute Gasteiger partial charge is 0.326 e. The number of rotatable bonds is 6. The van der Waals surface area contributed by atoms with Crippen LogP contribution in [0.25, 0.3) is 0 Å². The average Bonchev–Trinajstić information content (AvgIpc) is 2.91. The van der Waals surface area contributed by atoms with Crippen LogP contribution in [0.3, 0.4) is 0 Å². The highest BCUT2D eigenvalue weighted by atomic mass is 32.2. The molecule has 0 bridgehead atoms. The van der Waals surface area contributed by atoms with Gasteiger partial charge in [-0.05, 0) is 18.6 Å². The lowest BCUT2D eigenvalue weighted by molar-refractivity contribution is -0.128. The molecule has 0 aromatic heterocycles. The van der Waals surface area contributed by atoms with Gasteiger partial charge in [0.1, 0.15) is 5.25 Å². The number of amides is 3. The van der Waals surface area contributed by atoms with Crippen molar-refractivity contribution >= 4 is 40.3 Å². The van der Waals surface area contributed by atoms with E-state index in [1.807, 2.05) is 19.1 Å². The normalized spacial score (nSPS) is 16.5. The van der Waals surface area contributed by atoms with Crippen molar-refractivity contribution < 1.29 is 19.2 Å². The number of nitrogens with one attached hydrogen (secondary N) is 1. The van der Waals surface area contributed by atoms with E-state index < -0.39 is 16.4 Å². The van der Waals surface area contributed by atoms with Crippen LogP contribution in [0.15, 0.2) is 54.6 Å². The van der Waals surface area contributed by atoms with E-state index in [2.05, 4.69) is 5.32 Å². The number of para-hydroxylation sites is 1. The maximum absolute atomic E-state index is 12.5. The number of nitrogens with zero attached hydrogens (tertiary/aromatic N) is 1. The van der Waals surface area contributed by atoms with Gasteiger partial charge in [-0.15, -0.1) is 0 Å². The van der Waals surface area contributed by atoms with Crippen LogP contribution in [-0.2, 0) is 9.59 Å². The average molecular weight is 382 g/mol. The quantitative estimate of drug-likeness (QED) is 0.775. The molecule has 1 atom stereocenters. The summed E-state index contributed by atoms with van der Waals surface area (Å²) in [7, 11) is 0. The number of hydrogen-bond acceptors (Lipinski definition) is 5. The molecular weight excluding hydrogens is 364 g/mol. The van der Waals surface area contributed by atoms with Crippen molar-refractivity contribution in [3.63, 3.8) is 0 Å². The lowest BCUT2D eigenvalue weighted by Crippen LogP contribution is -2.36. The number of carbonyl (C=O) groups is 4. The van der Waals surface area contributed by atoms with Crippen LogP contribution in [0.4, 0.5) is 10.5 Å². The summed E-state index contributed by atoms with van der Waals surface area (Å²) in [6.07, 6.45) is -0.125. The van der Waals surface area contributed by atoms with Crippen molar-refractivity contribution in [2.45, 2.75) is 18.6 Å². The highest BCUT2D eigenvalue weighted by Gasteiger charge is 2.41. The Morgan fingerprint density at radius 2 is 1.70 bits per heavy atom. The van der Waals surface area contributed by atoms with E-state index in [-0.39, 0.29) is 24.7 Å². The maximum atomic E-state index is 12.5. The summed E-state index contributed by atoms with van der Waals surface area (Å²) < 4.78 is 0. The van der Waals surface area contributed by atoms with Crippen molar-refractivity contribution in [2.24, 2.45) is 0 Å². The second-order valence-electron chi connectivity index (χ2n) is 6.15. The van der Waals surface area contributed by atoms with Gasteiger partial charge >= 0.3 is 0 Å². The second-order valence-corrected chi connectivity index (χ2v) is 7.31. The van der Waals surface area contributed by atoms with Crippen molar-refractivity contribution in [3.8, 4) is 0 Å². The number of thioether (sulfide) groups is 1. The van der Waals surface area contributed by atoms with E-state index in [4.69, 9.17) is 0 Å². The standard InChI is InChI=1S/C20H18N2O4S/c1-13-7-5-6-10-15(13)21-18(24)11-17-19(25)22(20(26)27-17)12-16(23)14-8-3-2-4-9-14/h2-10,17H,11-12H2,1H3,(H,21,24)/t17-/m0/s1. The van der Waals surface area contributed by atoms with Gasteiger partial charge in [-0.3, -0.25) is 24.1 Å². The predicted molar refractivity (Wildman–Crippen MR) is 104 cm³/mol. The maximum Gasteiger partial charge on any atom is 0.289 e. The molecule has 0 spiro atoms. The Bertz CT molecular complexity index is 898. The van der Waals surface area contributed by atoms with Gasteiger partial charge in [-0.25, -0.2) is 0 Å². The first kappa shape index (κ1) is 18.8. The third-order valence-electron chi connectivity index (χ3n) is 4.19. The zero-order chi connectivity index (χ0) is 19.4. The van der Waals surface area contributed by atoms with Crippen molar-refractivity contribution in [2.75, 3.05) is 11.9 Å². The first-order chi connectivity index (χ1) is 13.0. The molecule has 1 aliphatic heterocycles. The van der Waals surface area contributed by atoms with E-state index in [1.54, 1.807) is 42.5 Å². The summed E-state index contributed by atoms with van der Waals surface area (Å²) in [5.74, 6) is -1.17. The van der Waals surface area contributed by atoms with Crippen LogP contribution in [0, 0.1) is 6.92 Å². The van der Waals surface area contributed by atoms with Crippen LogP contribution >= 0.6 is 11.8 Å². The third-order valence-corrected chi connectivity index (χ3v) is 5.27. The number of carbonyl (C=O) groups excluding carboxylic acids is 4. The lowest BCUT2D eigenvalue weighted by atomic mass is 10.1. The Labute approximate surface area is 160 Å². The van der Waals surface area contributed by atoms with Crippen molar-refractivity contribution in [3.05, 3.63) is 65.7 Å². The smallest absolute Gasteiger partial charge is 0.289 e. The van der Waals surface area contributed by atoms with Crippen LogP contribution in [-0.4, -0.2) is 39.5 Å². The summed E-state index contributed by atoms with van der Waals surface area (Å²) in [6, 6.07) is 15.8. The molecule has 3 rings (SSSR count). The molecule has 1 aliphatic rings. The van der Waals surface area contributed by atoms with Gasteiger partial charge in [-0.1, -0.05) is 60.3 Å². The first-order valence-corrected chi connectivity index (χ1v) is 9.29. The Hall–Kier alpha value is -2.93. The van der Waals surface area contributed by atoms with Crippen LogP contribution in [0.1, 0.15) is 22.3 Å². The highest BCUT2D eigenvalue weighted by molar-refractivity contribution is 8.15. The van der Waals surface area contributed by atoms with E-state index >= 15 is 0 Å².